The molecular formula is C58H54N2. The highest BCUT2D eigenvalue weighted by molar-refractivity contribution is 5.97. The first-order valence-corrected chi connectivity index (χ1v) is 22.5. The van der Waals surface area contributed by atoms with Crippen LogP contribution in [0.25, 0.3) is 28.1 Å². The fourth-order valence-electron chi connectivity index (χ4n) is 12.2. The standard InChI is InChI=1S/C58H54N2/c1-37-17-16-20-42(33-37)53-36-54(45-23-10-8-18-39(45)3)60-56(59-53)41-29-31-44(32-30-41)57(43-21-6-5-7-22-43)50-27-14-15-28-51(50)58(48-25-12-9-19-40(48)4)49-26-13-11-24-46(49)47-34-38(2)35-52(57)55(47)58/h5-8,10-16,20-34,36-40,48H,9,17-19,35H2,1-4H3. The monoisotopic (exact) mass is 778 g/mol. The summed E-state index contributed by atoms with van der Waals surface area (Å²) >= 11 is 0. The van der Waals surface area contributed by atoms with Gasteiger partial charge in [-0.15, -0.1) is 0 Å². The molecule has 0 N–H and O–H groups in total. The molecule has 1 aromatic heterocycles. The summed E-state index contributed by atoms with van der Waals surface area (Å²) in [5, 5.41) is 0. The zero-order valence-corrected chi connectivity index (χ0v) is 35.4. The van der Waals surface area contributed by atoms with Crippen molar-refractivity contribution in [3.8, 4) is 11.4 Å². The van der Waals surface area contributed by atoms with Gasteiger partial charge in [0.25, 0.3) is 0 Å². The van der Waals surface area contributed by atoms with Gasteiger partial charge >= 0.3 is 0 Å². The van der Waals surface area contributed by atoms with Crippen molar-refractivity contribution in [2.24, 2.45) is 29.6 Å². The third-order valence-corrected chi connectivity index (χ3v) is 14.8. The lowest BCUT2D eigenvalue weighted by molar-refractivity contribution is 0.291. The van der Waals surface area contributed by atoms with Gasteiger partial charge in [-0.05, 0) is 129 Å². The number of allylic oxidation sites excluding steroid dienone is 14. The van der Waals surface area contributed by atoms with Crippen molar-refractivity contribution in [3.63, 3.8) is 0 Å². The number of hydrogen-bond donors (Lipinski definition) is 0. The molecule has 7 unspecified atom stereocenters. The van der Waals surface area contributed by atoms with E-state index in [0.717, 1.165) is 48.5 Å². The van der Waals surface area contributed by atoms with Gasteiger partial charge in [0.1, 0.15) is 0 Å². The fraction of sp³-hybridized carbons (Fsp3) is 0.276. The lowest BCUT2D eigenvalue weighted by Crippen LogP contribution is -2.49. The molecule has 5 aromatic rings. The van der Waals surface area contributed by atoms with Crippen molar-refractivity contribution >= 4 is 16.7 Å². The fourth-order valence-corrected chi connectivity index (χ4v) is 12.2. The molecule has 6 aliphatic rings. The number of aromatic nitrogens is 2. The predicted molar refractivity (Wildman–Crippen MR) is 249 cm³/mol. The molecule has 11 rings (SSSR count). The highest BCUT2D eigenvalue weighted by Crippen LogP contribution is 2.70. The van der Waals surface area contributed by atoms with Gasteiger partial charge in [0.15, 0.2) is 5.82 Å². The lowest BCUT2D eigenvalue weighted by Gasteiger charge is -2.54. The van der Waals surface area contributed by atoms with Gasteiger partial charge in [-0.2, -0.15) is 0 Å². The van der Waals surface area contributed by atoms with E-state index >= 15 is 0 Å². The Morgan fingerprint density at radius 2 is 1.38 bits per heavy atom. The second kappa shape index (κ2) is 14.4. The van der Waals surface area contributed by atoms with Crippen molar-refractivity contribution in [1.29, 1.82) is 0 Å². The van der Waals surface area contributed by atoms with Crippen LogP contribution >= 0.6 is 0 Å². The summed E-state index contributed by atoms with van der Waals surface area (Å²) in [7, 11) is 0. The summed E-state index contributed by atoms with van der Waals surface area (Å²) in [6.45, 7) is 9.53. The van der Waals surface area contributed by atoms with Gasteiger partial charge in [-0.25, -0.2) is 9.97 Å². The topological polar surface area (TPSA) is 25.8 Å². The van der Waals surface area contributed by atoms with Crippen LogP contribution in [-0.2, 0) is 10.8 Å². The van der Waals surface area contributed by atoms with Crippen molar-refractivity contribution in [2.75, 3.05) is 0 Å². The molecule has 0 aliphatic heterocycles. The Bertz CT molecular complexity index is 2750. The van der Waals surface area contributed by atoms with E-state index in [1.54, 1.807) is 11.1 Å². The van der Waals surface area contributed by atoms with Gasteiger partial charge in [-0.3, -0.25) is 0 Å². The minimum atomic E-state index is -0.497. The quantitative estimate of drug-likeness (QED) is 0.160. The maximum Gasteiger partial charge on any atom is 0.160 e. The molecule has 0 saturated carbocycles. The lowest BCUT2D eigenvalue weighted by atomic mass is 9.47. The maximum atomic E-state index is 5.35. The SMILES string of the molecule is CC1C=C(c2cc(C3=CC=CCC3C)nc(-c3ccc(C4(c5ccccc5)C5=C6C(=CC(C)C5)c5ccccc5C6(C5C=CCCC5C)c5ccccc54)cc3)n2)C=CC1. The molecule has 0 fully saturated rings. The van der Waals surface area contributed by atoms with Gasteiger partial charge in [0.2, 0.25) is 0 Å². The Balaban J connectivity index is 1.16. The molecule has 0 saturated heterocycles. The second-order valence-corrected chi connectivity index (χ2v) is 18.6. The largest absolute Gasteiger partial charge is 0.228 e. The molecule has 0 bridgehead atoms. The van der Waals surface area contributed by atoms with Crippen molar-refractivity contribution in [3.05, 3.63) is 220 Å². The molecule has 6 aliphatic carbocycles. The Kier molecular flexibility index (Phi) is 8.92. The van der Waals surface area contributed by atoms with Crippen LogP contribution in [0.15, 0.2) is 175 Å². The summed E-state index contributed by atoms with van der Waals surface area (Å²) in [4.78, 5) is 10.7. The van der Waals surface area contributed by atoms with Crippen molar-refractivity contribution in [2.45, 2.75) is 70.6 Å². The average molecular weight is 779 g/mol. The molecule has 7 atom stereocenters. The number of hydrogen-bond acceptors (Lipinski definition) is 2. The van der Waals surface area contributed by atoms with E-state index in [4.69, 9.17) is 9.97 Å². The summed E-state index contributed by atoms with van der Waals surface area (Å²) < 4.78 is 0. The first kappa shape index (κ1) is 37.2. The molecule has 1 heterocycles. The third-order valence-electron chi connectivity index (χ3n) is 14.8. The van der Waals surface area contributed by atoms with Crippen molar-refractivity contribution in [1.82, 2.24) is 9.97 Å². The van der Waals surface area contributed by atoms with E-state index in [0.29, 0.717) is 29.6 Å². The number of nitrogens with zero attached hydrogens (tertiary/aromatic N) is 2. The number of benzene rings is 4. The highest BCUT2D eigenvalue weighted by atomic mass is 14.9. The third kappa shape index (κ3) is 5.45. The van der Waals surface area contributed by atoms with Crippen LogP contribution in [0.2, 0.25) is 0 Å². The average Bonchev–Trinajstić information content (AvgIpc) is 3.58. The van der Waals surface area contributed by atoms with Gasteiger partial charge in [0, 0.05) is 5.56 Å². The molecule has 0 radical (unpaired) electrons. The summed E-state index contributed by atoms with van der Waals surface area (Å²) in [5.74, 6) is 2.94. The van der Waals surface area contributed by atoms with Gasteiger partial charge in [-0.1, -0.05) is 186 Å². The molecule has 2 nitrogen and oxygen atoms in total. The Morgan fingerprint density at radius 3 is 2.17 bits per heavy atom. The van der Waals surface area contributed by atoms with Gasteiger partial charge in [0.05, 0.1) is 22.2 Å². The molecule has 60 heavy (non-hydrogen) atoms. The Labute approximate surface area is 356 Å². The molecule has 0 spiro atoms. The summed E-state index contributed by atoms with van der Waals surface area (Å²) in [6, 6.07) is 42.1. The number of fused-ring (bicyclic) bond motifs is 5. The Hall–Kier alpha value is -5.86. The second-order valence-electron chi connectivity index (χ2n) is 18.6. The van der Waals surface area contributed by atoms with Crippen LogP contribution in [0.5, 0.6) is 0 Å². The van der Waals surface area contributed by atoms with Crippen LogP contribution in [0.4, 0.5) is 0 Å². The molecule has 2 heteroatoms. The first-order chi connectivity index (χ1) is 29.4. The highest BCUT2D eigenvalue weighted by Gasteiger charge is 2.61. The maximum absolute atomic E-state index is 5.35. The van der Waals surface area contributed by atoms with E-state index < -0.39 is 5.41 Å². The summed E-state index contributed by atoms with van der Waals surface area (Å²) in [6.07, 6.45) is 26.7. The zero-order valence-electron chi connectivity index (χ0n) is 35.4. The minimum absolute atomic E-state index is 0.270. The van der Waals surface area contributed by atoms with E-state index in [2.05, 4.69) is 192 Å². The van der Waals surface area contributed by atoms with E-state index in [-0.39, 0.29) is 5.41 Å². The van der Waals surface area contributed by atoms with Crippen LogP contribution in [0.1, 0.15) is 105 Å². The Morgan fingerprint density at radius 1 is 0.650 bits per heavy atom. The van der Waals surface area contributed by atoms with Crippen LogP contribution in [-0.4, -0.2) is 9.97 Å². The molecule has 296 valence electrons. The van der Waals surface area contributed by atoms with E-state index in [1.807, 2.05) is 0 Å². The molecule has 4 aromatic carbocycles. The predicted octanol–water partition coefficient (Wildman–Crippen LogP) is 14.1. The molecular weight excluding hydrogens is 725 g/mol. The smallest absolute Gasteiger partial charge is 0.160 e. The van der Waals surface area contributed by atoms with Crippen molar-refractivity contribution < 1.29 is 0 Å². The molecule has 0 amide bonds. The van der Waals surface area contributed by atoms with Gasteiger partial charge < -0.3 is 0 Å². The van der Waals surface area contributed by atoms with E-state index in [9.17, 15) is 0 Å². The van der Waals surface area contributed by atoms with E-state index in [1.165, 1.54) is 56.5 Å². The number of rotatable bonds is 6. The summed E-state index contributed by atoms with van der Waals surface area (Å²) in [5.41, 5.74) is 17.7. The van der Waals surface area contributed by atoms with Crippen LogP contribution in [0.3, 0.4) is 0 Å². The first-order valence-electron chi connectivity index (χ1n) is 22.5. The zero-order chi connectivity index (χ0) is 40.6. The normalized spacial score (nSPS) is 28.7. The van der Waals surface area contributed by atoms with Crippen LogP contribution < -0.4 is 0 Å². The van der Waals surface area contributed by atoms with Crippen LogP contribution in [0, 0.1) is 29.6 Å². The minimum Gasteiger partial charge on any atom is -0.228 e.